The number of benzene rings is 1. The minimum atomic E-state index is -0.267. The molecule has 0 amide bonds. The van der Waals surface area contributed by atoms with Crippen molar-refractivity contribution in [2.45, 2.75) is 6.54 Å². The monoisotopic (exact) mass is 284 g/mol. The van der Waals surface area contributed by atoms with Gasteiger partial charge in [0.15, 0.2) is 0 Å². The van der Waals surface area contributed by atoms with E-state index in [-0.39, 0.29) is 5.82 Å². The van der Waals surface area contributed by atoms with Crippen LogP contribution in [0.3, 0.4) is 0 Å². The molecule has 1 N–H and O–H groups in total. The van der Waals surface area contributed by atoms with E-state index in [2.05, 4.69) is 31.6 Å². The zero-order chi connectivity index (χ0) is 11.5. The van der Waals surface area contributed by atoms with Crippen molar-refractivity contribution < 1.29 is 4.39 Å². The quantitative estimate of drug-likeness (QED) is 0.941. The molecular formula is C10H10BrFN4. The third-order valence-electron chi connectivity index (χ3n) is 2.04. The Hall–Kier alpha value is -1.43. The fraction of sp³-hybridized carbons (Fsp3) is 0.200. The summed E-state index contributed by atoms with van der Waals surface area (Å²) in [5, 5.41) is 10.9. The third kappa shape index (κ3) is 2.57. The van der Waals surface area contributed by atoms with E-state index in [0.29, 0.717) is 11.0 Å². The molecule has 0 saturated heterocycles. The fourth-order valence-electron chi connectivity index (χ4n) is 1.29. The van der Waals surface area contributed by atoms with Gasteiger partial charge in [-0.25, -0.2) is 4.39 Å². The number of hydrogen-bond donors (Lipinski definition) is 1. The molecule has 0 spiro atoms. The van der Waals surface area contributed by atoms with Crippen molar-refractivity contribution in [2.24, 2.45) is 7.05 Å². The van der Waals surface area contributed by atoms with Gasteiger partial charge in [-0.1, -0.05) is 5.21 Å². The van der Waals surface area contributed by atoms with Crippen LogP contribution in [0.5, 0.6) is 0 Å². The molecule has 0 radical (unpaired) electrons. The van der Waals surface area contributed by atoms with Gasteiger partial charge in [-0.2, -0.15) is 0 Å². The summed E-state index contributed by atoms with van der Waals surface area (Å²) in [6, 6.07) is 4.50. The van der Waals surface area contributed by atoms with E-state index in [0.717, 1.165) is 11.4 Å². The molecule has 0 aliphatic carbocycles. The van der Waals surface area contributed by atoms with Crippen molar-refractivity contribution in [2.75, 3.05) is 5.32 Å². The molecule has 2 aromatic rings. The zero-order valence-corrected chi connectivity index (χ0v) is 10.2. The number of hydrogen-bond acceptors (Lipinski definition) is 3. The predicted octanol–water partition coefficient (Wildman–Crippen LogP) is 2.33. The highest BCUT2D eigenvalue weighted by molar-refractivity contribution is 9.10. The maximum Gasteiger partial charge on any atom is 0.124 e. The number of nitrogens with zero attached hydrogens (tertiary/aromatic N) is 3. The fourth-order valence-corrected chi connectivity index (χ4v) is 1.79. The Morgan fingerprint density at radius 2 is 2.31 bits per heavy atom. The van der Waals surface area contributed by atoms with Gasteiger partial charge >= 0.3 is 0 Å². The largest absolute Gasteiger partial charge is 0.378 e. The summed E-state index contributed by atoms with van der Waals surface area (Å²) in [6.07, 6.45) is 1.82. The number of aromatic nitrogens is 3. The molecule has 6 heteroatoms. The molecule has 1 heterocycles. The third-order valence-corrected chi connectivity index (χ3v) is 2.70. The van der Waals surface area contributed by atoms with Crippen LogP contribution in [0.15, 0.2) is 28.9 Å². The summed E-state index contributed by atoms with van der Waals surface area (Å²) >= 11 is 3.28. The van der Waals surface area contributed by atoms with E-state index in [4.69, 9.17) is 0 Å². The van der Waals surface area contributed by atoms with Crippen LogP contribution in [0, 0.1) is 5.82 Å². The van der Waals surface area contributed by atoms with E-state index in [9.17, 15) is 4.39 Å². The van der Waals surface area contributed by atoms with Crippen LogP contribution in [-0.2, 0) is 13.6 Å². The van der Waals surface area contributed by atoms with Gasteiger partial charge in [0.2, 0.25) is 0 Å². The number of nitrogens with one attached hydrogen (secondary N) is 1. The van der Waals surface area contributed by atoms with Crippen LogP contribution in [0.4, 0.5) is 10.1 Å². The predicted molar refractivity (Wildman–Crippen MR) is 62.4 cm³/mol. The molecule has 4 nitrogen and oxygen atoms in total. The van der Waals surface area contributed by atoms with Gasteiger partial charge < -0.3 is 5.32 Å². The van der Waals surface area contributed by atoms with Gasteiger partial charge in [0, 0.05) is 23.4 Å². The molecule has 0 bridgehead atoms. The Labute approximate surface area is 101 Å². The van der Waals surface area contributed by atoms with Crippen LogP contribution < -0.4 is 5.32 Å². The van der Waals surface area contributed by atoms with E-state index in [1.807, 2.05) is 13.2 Å². The second kappa shape index (κ2) is 4.61. The average molecular weight is 285 g/mol. The molecule has 0 aliphatic heterocycles. The first-order valence-electron chi connectivity index (χ1n) is 4.69. The van der Waals surface area contributed by atoms with Gasteiger partial charge in [0.1, 0.15) is 11.5 Å². The van der Waals surface area contributed by atoms with Crippen molar-refractivity contribution in [1.29, 1.82) is 0 Å². The van der Waals surface area contributed by atoms with Crippen molar-refractivity contribution in [3.63, 3.8) is 0 Å². The van der Waals surface area contributed by atoms with Gasteiger partial charge in [0.25, 0.3) is 0 Å². The standard InChI is InChI=1S/C10H10BrFN4/c1-16-6-8(14-15-16)5-13-10-3-2-7(12)4-9(10)11/h2-4,6,13H,5H2,1H3. The Morgan fingerprint density at radius 1 is 1.50 bits per heavy atom. The molecule has 0 saturated carbocycles. The Kier molecular flexibility index (Phi) is 3.19. The molecule has 0 unspecified atom stereocenters. The summed E-state index contributed by atoms with van der Waals surface area (Å²) in [5.74, 6) is -0.267. The lowest BCUT2D eigenvalue weighted by molar-refractivity contribution is 0.627. The molecule has 0 fully saturated rings. The SMILES string of the molecule is Cn1cc(CNc2ccc(F)cc2Br)nn1. The smallest absolute Gasteiger partial charge is 0.124 e. The zero-order valence-electron chi connectivity index (χ0n) is 8.61. The molecule has 16 heavy (non-hydrogen) atoms. The summed E-state index contributed by atoms with van der Waals surface area (Å²) in [6.45, 7) is 0.554. The lowest BCUT2D eigenvalue weighted by atomic mass is 10.3. The highest BCUT2D eigenvalue weighted by Gasteiger charge is 2.02. The minimum absolute atomic E-state index is 0.267. The first-order valence-corrected chi connectivity index (χ1v) is 5.48. The lowest BCUT2D eigenvalue weighted by Gasteiger charge is -2.06. The summed E-state index contributed by atoms with van der Waals surface area (Å²) < 4.78 is 15.2. The first-order chi connectivity index (χ1) is 7.65. The number of anilines is 1. The molecule has 1 aromatic heterocycles. The van der Waals surface area contributed by atoms with Gasteiger partial charge in [-0.15, -0.1) is 5.10 Å². The van der Waals surface area contributed by atoms with Crippen LogP contribution in [-0.4, -0.2) is 15.0 Å². The van der Waals surface area contributed by atoms with E-state index >= 15 is 0 Å². The van der Waals surface area contributed by atoms with Crippen molar-refractivity contribution in [3.8, 4) is 0 Å². The normalized spacial score (nSPS) is 10.4. The Balaban J connectivity index is 2.04. The van der Waals surface area contributed by atoms with E-state index < -0.39 is 0 Å². The summed E-state index contributed by atoms with van der Waals surface area (Å²) in [4.78, 5) is 0. The van der Waals surface area contributed by atoms with Crippen LogP contribution in [0.1, 0.15) is 5.69 Å². The van der Waals surface area contributed by atoms with E-state index in [1.165, 1.54) is 12.1 Å². The van der Waals surface area contributed by atoms with Crippen molar-refractivity contribution in [1.82, 2.24) is 15.0 Å². The number of halogens is 2. The molecule has 0 aliphatic rings. The average Bonchev–Trinajstić information content (AvgIpc) is 2.63. The first kappa shape index (κ1) is 11.1. The molecule has 0 atom stereocenters. The number of aryl methyl sites for hydroxylation is 1. The Morgan fingerprint density at radius 3 is 2.94 bits per heavy atom. The van der Waals surface area contributed by atoms with Crippen molar-refractivity contribution in [3.05, 3.63) is 40.4 Å². The summed E-state index contributed by atoms with van der Waals surface area (Å²) in [5.41, 5.74) is 1.66. The Bertz CT molecular complexity index is 497. The molecule has 1 aromatic carbocycles. The highest BCUT2D eigenvalue weighted by atomic mass is 79.9. The van der Waals surface area contributed by atoms with E-state index in [1.54, 1.807) is 10.7 Å². The van der Waals surface area contributed by atoms with Gasteiger partial charge in [0.05, 0.1) is 6.54 Å². The van der Waals surface area contributed by atoms with Crippen LogP contribution in [0.2, 0.25) is 0 Å². The second-order valence-corrected chi connectivity index (χ2v) is 4.22. The number of rotatable bonds is 3. The minimum Gasteiger partial charge on any atom is -0.378 e. The highest BCUT2D eigenvalue weighted by Crippen LogP contribution is 2.23. The topological polar surface area (TPSA) is 42.7 Å². The van der Waals surface area contributed by atoms with Gasteiger partial charge in [-0.05, 0) is 34.1 Å². The summed E-state index contributed by atoms with van der Waals surface area (Å²) in [7, 11) is 1.81. The maximum absolute atomic E-state index is 12.8. The van der Waals surface area contributed by atoms with Crippen molar-refractivity contribution >= 4 is 21.6 Å². The maximum atomic E-state index is 12.8. The molecule has 84 valence electrons. The second-order valence-electron chi connectivity index (χ2n) is 3.36. The van der Waals surface area contributed by atoms with Gasteiger partial charge in [-0.3, -0.25) is 4.68 Å². The molecular weight excluding hydrogens is 275 g/mol. The molecule has 2 rings (SSSR count). The lowest BCUT2D eigenvalue weighted by Crippen LogP contribution is -2.00. The van der Waals surface area contributed by atoms with Crippen LogP contribution in [0.25, 0.3) is 0 Å². The van der Waals surface area contributed by atoms with Crippen LogP contribution >= 0.6 is 15.9 Å².